The first kappa shape index (κ1) is 19.3. The van der Waals surface area contributed by atoms with Gasteiger partial charge < -0.3 is 4.74 Å². The number of hydrogen-bond acceptors (Lipinski definition) is 2. The van der Waals surface area contributed by atoms with Gasteiger partial charge in [-0.2, -0.15) is 0 Å². The van der Waals surface area contributed by atoms with E-state index in [1.807, 2.05) is 89.0 Å². The van der Waals surface area contributed by atoms with Crippen LogP contribution in [0.15, 0.2) is 97.6 Å². The van der Waals surface area contributed by atoms with E-state index in [0.717, 1.165) is 39.2 Å². The van der Waals surface area contributed by atoms with Crippen LogP contribution in [-0.2, 0) is 7.05 Å². The standard InChI is InChI=1S/C27H22N5O/c1-29-15-16-31(19-29)27-18-21(12-14-30(27)2)33-20-10-11-23-22-7-3-4-8-24(22)32(25(23)17-20)26-9-5-6-13-28-26/h3-18H,1-2H3/q+1. The Morgan fingerprint density at radius 3 is 2.48 bits per heavy atom. The van der Waals surface area contributed by atoms with Gasteiger partial charge >= 0.3 is 6.34 Å². The summed E-state index contributed by atoms with van der Waals surface area (Å²) in [6.45, 7) is 0. The van der Waals surface area contributed by atoms with Crippen molar-refractivity contribution < 1.29 is 9.31 Å². The molecule has 6 nitrogen and oxygen atoms in total. The Hall–Kier alpha value is -4.45. The van der Waals surface area contributed by atoms with E-state index in [9.17, 15) is 0 Å². The average molecular weight is 433 g/mol. The van der Waals surface area contributed by atoms with E-state index in [1.54, 1.807) is 0 Å². The van der Waals surface area contributed by atoms with Crippen molar-refractivity contribution in [2.75, 3.05) is 7.05 Å². The minimum Gasteiger partial charge on any atom is -0.458 e. The van der Waals surface area contributed by atoms with Gasteiger partial charge in [0.05, 0.1) is 37.5 Å². The van der Waals surface area contributed by atoms with Crippen LogP contribution in [0, 0.1) is 0 Å². The molecule has 0 spiro atoms. The second-order valence-electron chi connectivity index (χ2n) is 8.03. The normalized spacial score (nSPS) is 14.8. The molecule has 0 fully saturated rings. The minimum atomic E-state index is 0.757. The highest BCUT2D eigenvalue weighted by molar-refractivity contribution is 6.09. The van der Waals surface area contributed by atoms with Crippen LogP contribution in [0.4, 0.5) is 0 Å². The number of benzene rings is 2. The molecule has 0 bridgehead atoms. The zero-order valence-electron chi connectivity index (χ0n) is 18.4. The van der Waals surface area contributed by atoms with E-state index < -0.39 is 0 Å². The Bertz CT molecular complexity index is 1660. The van der Waals surface area contributed by atoms with E-state index in [1.165, 1.54) is 5.39 Å². The van der Waals surface area contributed by atoms with Gasteiger partial charge in [0.15, 0.2) is 0 Å². The third-order valence-electron chi connectivity index (χ3n) is 5.81. The van der Waals surface area contributed by atoms with Gasteiger partial charge in [-0.05, 0) is 30.3 Å². The zero-order valence-corrected chi connectivity index (χ0v) is 18.4. The van der Waals surface area contributed by atoms with Gasteiger partial charge in [-0.25, -0.2) is 9.55 Å². The highest BCUT2D eigenvalue weighted by Crippen LogP contribution is 2.34. The van der Waals surface area contributed by atoms with Gasteiger partial charge in [0.2, 0.25) is 0 Å². The lowest BCUT2D eigenvalue weighted by atomic mass is 10.1. The number of aryl methyl sites for hydroxylation is 1. The molecule has 0 aliphatic carbocycles. The molecule has 1 aliphatic rings. The predicted molar refractivity (Wildman–Crippen MR) is 130 cm³/mol. The fourth-order valence-electron chi connectivity index (χ4n) is 4.26. The Morgan fingerprint density at radius 2 is 1.67 bits per heavy atom. The van der Waals surface area contributed by atoms with E-state index >= 15 is 0 Å². The number of pyridine rings is 2. The third-order valence-corrected chi connectivity index (χ3v) is 5.81. The molecule has 1 aliphatic heterocycles. The lowest BCUT2D eigenvalue weighted by Gasteiger charge is -2.09. The van der Waals surface area contributed by atoms with Gasteiger partial charge in [0, 0.05) is 35.2 Å². The molecule has 160 valence electrons. The smallest absolute Gasteiger partial charge is 0.320 e. The molecular formula is C27H22N5O+. The summed E-state index contributed by atoms with van der Waals surface area (Å²) in [7, 11) is 3.96. The monoisotopic (exact) mass is 432 g/mol. The molecule has 3 aromatic heterocycles. The number of ether oxygens (including phenoxy) is 1. The summed E-state index contributed by atoms with van der Waals surface area (Å²) >= 11 is 0. The summed E-state index contributed by atoms with van der Waals surface area (Å²) in [5.74, 6) is 2.41. The van der Waals surface area contributed by atoms with Gasteiger partial charge in [0.1, 0.15) is 23.5 Å². The molecule has 33 heavy (non-hydrogen) atoms. The van der Waals surface area contributed by atoms with Crippen molar-refractivity contribution in [3.05, 3.63) is 103 Å². The van der Waals surface area contributed by atoms with Crippen molar-refractivity contribution in [1.82, 2.24) is 18.7 Å². The van der Waals surface area contributed by atoms with Crippen molar-refractivity contribution in [3.8, 4) is 17.3 Å². The number of fused-ring (bicyclic) bond motifs is 3. The summed E-state index contributed by atoms with van der Waals surface area (Å²) in [4.78, 5) is 4.60. The lowest BCUT2D eigenvalue weighted by molar-refractivity contribution is -0.414. The largest absolute Gasteiger partial charge is 0.458 e. The fraction of sp³-hybridized carbons (Fsp3) is 0.0741. The topological polar surface area (TPSA) is 38.0 Å². The first-order chi connectivity index (χ1) is 16.2. The maximum atomic E-state index is 6.32. The van der Waals surface area contributed by atoms with Gasteiger partial charge in [0.25, 0.3) is 5.49 Å². The van der Waals surface area contributed by atoms with E-state index in [2.05, 4.69) is 52.3 Å². The summed E-state index contributed by atoms with van der Waals surface area (Å²) in [5.41, 5.74) is 3.13. The average Bonchev–Trinajstić information content (AvgIpc) is 3.41. The molecule has 0 unspecified atom stereocenters. The van der Waals surface area contributed by atoms with Gasteiger partial charge in [-0.15, -0.1) is 0 Å². The second-order valence-corrected chi connectivity index (χ2v) is 8.03. The molecule has 0 atom stereocenters. The summed E-state index contributed by atoms with van der Waals surface area (Å²) in [6, 6.07) is 24.6. The summed E-state index contributed by atoms with van der Waals surface area (Å²) < 4.78 is 14.4. The van der Waals surface area contributed by atoms with Crippen LogP contribution in [0.2, 0.25) is 0 Å². The van der Waals surface area contributed by atoms with Crippen LogP contribution < -0.4 is 14.8 Å². The van der Waals surface area contributed by atoms with Gasteiger partial charge in [-0.1, -0.05) is 24.3 Å². The summed E-state index contributed by atoms with van der Waals surface area (Å²) in [6.07, 6.45) is 11.0. The van der Waals surface area contributed by atoms with E-state index in [4.69, 9.17) is 4.74 Å². The first-order valence-corrected chi connectivity index (χ1v) is 10.8. The highest BCUT2D eigenvalue weighted by Gasteiger charge is 2.14. The van der Waals surface area contributed by atoms with Gasteiger partial charge in [-0.3, -0.25) is 13.7 Å². The quantitative estimate of drug-likeness (QED) is 0.318. The Kier molecular flexibility index (Phi) is 4.43. The molecule has 6 rings (SSSR count). The lowest BCUT2D eigenvalue weighted by Crippen LogP contribution is -2.31. The number of hydrogen-bond donors (Lipinski definition) is 0. The molecule has 5 aromatic rings. The maximum Gasteiger partial charge on any atom is 0.320 e. The predicted octanol–water partition coefficient (Wildman–Crippen LogP) is 4.11. The number of nitrogens with zero attached hydrogens (tertiary/aromatic N) is 5. The first-order valence-electron chi connectivity index (χ1n) is 10.8. The minimum absolute atomic E-state index is 0.757. The number of aromatic nitrogens is 3. The molecule has 4 heterocycles. The van der Waals surface area contributed by atoms with Crippen LogP contribution in [0.25, 0.3) is 27.6 Å². The van der Waals surface area contributed by atoms with Crippen molar-refractivity contribution in [2.24, 2.45) is 7.05 Å². The molecule has 0 N–H and O–H groups in total. The molecule has 0 amide bonds. The Morgan fingerprint density at radius 1 is 0.848 bits per heavy atom. The Labute approximate surface area is 190 Å². The molecule has 0 saturated heterocycles. The molecule has 6 heteroatoms. The van der Waals surface area contributed by atoms with E-state index in [0.29, 0.717) is 0 Å². The van der Waals surface area contributed by atoms with Crippen LogP contribution in [-0.4, -0.2) is 32.1 Å². The van der Waals surface area contributed by atoms with Crippen LogP contribution in [0.3, 0.4) is 0 Å². The third kappa shape index (κ3) is 3.32. The van der Waals surface area contributed by atoms with Crippen molar-refractivity contribution in [3.63, 3.8) is 0 Å². The fourth-order valence-corrected chi connectivity index (χ4v) is 4.26. The van der Waals surface area contributed by atoms with Crippen molar-refractivity contribution in [2.45, 2.75) is 0 Å². The molecule has 2 aromatic carbocycles. The SMILES string of the molecule is Cn1ccc(Oc2ccc3c4ccccc4n(-c4ccccn4)c3c2)cc1=[N+]1[C-]=[N+](C)C=C1. The number of rotatable bonds is 3. The van der Waals surface area contributed by atoms with Crippen molar-refractivity contribution >= 4 is 28.1 Å². The van der Waals surface area contributed by atoms with Crippen LogP contribution in [0.5, 0.6) is 11.5 Å². The molecule has 0 radical (unpaired) electrons. The van der Waals surface area contributed by atoms with Crippen LogP contribution >= 0.6 is 0 Å². The second kappa shape index (κ2) is 7.60. The Balaban J connectivity index is 1.49. The maximum absolute atomic E-state index is 6.32. The number of para-hydroxylation sites is 1. The molecule has 0 saturated carbocycles. The van der Waals surface area contributed by atoms with Crippen molar-refractivity contribution in [1.29, 1.82) is 0 Å². The van der Waals surface area contributed by atoms with Crippen LogP contribution in [0.1, 0.15) is 0 Å². The van der Waals surface area contributed by atoms with E-state index in [-0.39, 0.29) is 0 Å². The molecular weight excluding hydrogens is 410 g/mol. The zero-order chi connectivity index (χ0) is 22.4. The highest BCUT2D eigenvalue weighted by atomic mass is 16.5. The summed E-state index contributed by atoms with van der Waals surface area (Å²) in [5, 5.41) is 2.35.